The first kappa shape index (κ1) is 22.9. The third kappa shape index (κ3) is 5.49. The predicted molar refractivity (Wildman–Crippen MR) is 116 cm³/mol. The molecule has 1 aliphatic carbocycles. The van der Waals surface area contributed by atoms with E-state index in [0.29, 0.717) is 12.2 Å². The van der Waals surface area contributed by atoms with Crippen LogP contribution in [0.3, 0.4) is 0 Å². The average Bonchev–Trinajstić information content (AvgIpc) is 3.11. The summed E-state index contributed by atoms with van der Waals surface area (Å²) in [5, 5.41) is 0. The lowest BCUT2D eigenvalue weighted by atomic mass is 9.93. The molecule has 1 aliphatic heterocycles. The molecule has 1 aromatic rings. The number of esters is 1. The molecule has 1 atom stereocenters. The molecule has 1 amide bonds. The molecule has 1 saturated carbocycles. The van der Waals surface area contributed by atoms with E-state index in [-0.39, 0.29) is 35.1 Å². The first-order valence-corrected chi connectivity index (χ1v) is 13.3. The van der Waals surface area contributed by atoms with Gasteiger partial charge in [0.1, 0.15) is 11.3 Å². The van der Waals surface area contributed by atoms with E-state index in [2.05, 4.69) is 0 Å². The van der Waals surface area contributed by atoms with Gasteiger partial charge < -0.3 is 14.4 Å². The van der Waals surface area contributed by atoms with Gasteiger partial charge in [0, 0.05) is 17.0 Å². The van der Waals surface area contributed by atoms with Gasteiger partial charge in [-0.05, 0) is 43.7 Å². The zero-order valence-corrected chi connectivity index (χ0v) is 19.1. The Morgan fingerprint density at radius 1 is 1.13 bits per heavy atom. The minimum atomic E-state index is -3.12. The van der Waals surface area contributed by atoms with Crippen LogP contribution in [0.5, 0.6) is 5.75 Å². The van der Waals surface area contributed by atoms with Gasteiger partial charge in [0.15, 0.2) is 16.4 Å². The van der Waals surface area contributed by atoms with E-state index >= 15 is 0 Å². The van der Waals surface area contributed by atoms with Crippen molar-refractivity contribution >= 4 is 33.5 Å². The van der Waals surface area contributed by atoms with Crippen LogP contribution in [-0.4, -0.2) is 68.8 Å². The Labute approximate surface area is 182 Å². The number of carbonyl (C=O) groups is 2. The van der Waals surface area contributed by atoms with E-state index in [4.69, 9.17) is 9.47 Å². The molecule has 1 heterocycles. The summed E-state index contributed by atoms with van der Waals surface area (Å²) < 4.78 is 34.6. The van der Waals surface area contributed by atoms with Crippen LogP contribution in [0.1, 0.15) is 48.9 Å². The molecule has 1 aromatic carbocycles. The molecule has 0 bridgehead atoms. The summed E-state index contributed by atoms with van der Waals surface area (Å²) in [6.45, 7) is -0.403. The predicted octanol–water partition coefficient (Wildman–Crippen LogP) is 2.92. The lowest BCUT2D eigenvalue weighted by Crippen LogP contribution is -2.50. The number of benzene rings is 1. The molecule has 30 heavy (non-hydrogen) atoms. The van der Waals surface area contributed by atoms with E-state index in [9.17, 15) is 18.0 Å². The highest BCUT2D eigenvalue weighted by Gasteiger charge is 2.38. The Bertz CT molecular complexity index is 879. The Kier molecular flexibility index (Phi) is 7.68. The fourth-order valence-electron chi connectivity index (χ4n) is 4.31. The van der Waals surface area contributed by atoms with Crippen molar-refractivity contribution in [3.05, 3.63) is 23.8 Å². The molecule has 7 nitrogen and oxygen atoms in total. The molecule has 166 valence electrons. The summed E-state index contributed by atoms with van der Waals surface area (Å²) in [7, 11) is -1.64. The zero-order chi connectivity index (χ0) is 21.7. The van der Waals surface area contributed by atoms with Crippen LogP contribution in [0, 0.1) is 0 Å². The van der Waals surface area contributed by atoms with Crippen molar-refractivity contribution in [3.63, 3.8) is 0 Å². The van der Waals surface area contributed by atoms with E-state index in [0.717, 1.165) is 37.0 Å². The SMILES string of the molecule is COc1cc(SC)ccc1C(=O)OCC(=O)N(C1CCCCC1)[C@@H]1CCS(=O)(=O)C1. The molecule has 9 heteroatoms. The summed E-state index contributed by atoms with van der Waals surface area (Å²) in [6, 6.07) is 4.85. The van der Waals surface area contributed by atoms with Crippen molar-refractivity contribution < 1.29 is 27.5 Å². The van der Waals surface area contributed by atoms with Gasteiger partial charge in [-0.1, -0.05) is 19.3 Å². The van der Waals surface area contributed by atoms with Crippen LogP contribution in [0.15, 0.2) is 23.1 Å². The molecular weight excluding hydrogens is 426 g/mol. The summed E-state index contributed by atoms with van der Waals surface area (Å²) in [5.41, 5.74) is 0.260. The fourth-order valence-corrected chi connectivity index (χ4v) is 6.45. The monoisotopic (exact) mass is 455 g/mol. The van der Waals surface area contributed by atoms with Gasteiger partial charge in [0.05, 0.1) is 18.6 Å². The van der Waals surface area contributed by atoms with Crippen molar-refractivity contribution in [2.45, 2.75) is 55.5 Å². The van der Waals surface area contributed by atoms with Gasteiger partial charge in [0.25, 0.3) is 5.91 Å². The van der Waals surface area contributed by atoms with Crippen molar-refractivity contribution in [1.82, 2.24) is 4.90 Å². The minimum Gasteiger partial charge on any atom is -0.496 e. The summed E-state index contributed by atoms with van der Waals surface area (Å²) in [4.78, 5) is 28.3. The lowest BCUT2D eigenvalue weighted by molar-refractivity contribution is -0.140. The number of amides is 1. The molecule has 1 saturated heterocycles. The smallest absolute Gasteiger partial charge is 0.342 e. The molecule has 2 fully saturated rings. The maximum Gasteiger partial charge on any atom is 0.342 e. The molecule has 0 unspecified atom stereocenters. The number of sulfone groups is 1. The second-order valence-electron chi connectivity index (χ2n) is 7.79. The van der Waals surface area contributed by atoms with Crippen LogP contribution >= 0.6 is 11.8 Å². The van der Waals surface area contributed by atoms with Crippen LogP contribution in [0.2, 0.25) is 0 Å². The second kappa shape index (κ2) is 10.0. The number of ether oxygens (including phenoxy) is 2. The van der Waals surface area contributed by atoms with E-state index < -0.39 is 22.4 Å². The Hall–Kier alpha value is -1.74. The average molecular weight is 456 g/mol. The lowest BCUT2D eigenvalue weighted by Gasteiger charge is -2.38. The Morgan fingerprint density at radius 3 is 2.47 bits per heavy atom. The van der Waals surface area contributed by atoms with Crippen LogP contribution in [-0.2, 0) is 19.4 Å². The molecule has 2 aliphatic rings. The van der Waals surface area contributed by atoms with E-state index in [1.165, 1.54) is 18.9 Å². The molecular formula is C21H29NO6S2. The Balaban J connectivity index is 1.70. The first-order valence-electron chi connectivity index (χ1n) is 10.3. The number of hydrogen-bond donors (Lipinski definition) is 0. The summed E-state index contributed by atoms with van der Waals surface area (Å²) >= 11 is 1.53. The van der Waals surface area contributed by atoms with Crippen molar-refractivity contribution in [3.8, 4) is 5.75 Å². The van der Waals surface area contributed by atoms with Crippen molar-refractivity contribution in [1.29, 1.82) is 0 Å². The zero-order valence-electron chi connectivity index (χ0n) is 17.5. The number of rotatable bonds is 7. The number of methoxy groups -OCH3 is 1. The van der Waals surface area contributed by atoms with Crippen molar-refractivity contribution in [2.75, 3.05) is 31.5 Å². The Morgan fingerprint density at radius 2 is 1.87 bits per heavy atom. The summed E-state index contributed by atoms with van der Waals surface area (Å²) in [6.07, 6.45) is 7.26. The third-order valence-electron chi connectivity index (χ3n) is 5.81. The molecule has 0 radical (unpaired) electrons. The van der Waals surface area contributed by atoms with Crippen LogP contribution < -0.4 is 4.74 Å². The largest absolute Gasteiger partial charge is 0.496 e. The van der Waals surface area contributed by atoms with Gasteiger partial charge in [-0.15, -0.1) is 11.8 Å². The summed E-state index contributed by atoms with van der Waals surface area (Å²) in [5.74, 6) is -0.460. The van der Waals surface area contributed by atoms with Gasteiger partial charge >= 0.3 is 5.97 Å². The topological polar surface area (TPSA) is 90.0 Å². The highest BCUT2D eigenvalue weighted by atomic mass is 32.2. The standard InChI is InChI=1S/C21H29NO6S2/c1-27-19-12-17(29-2)8-9-18(19)21(24)28-13-20(23)22(15-6-4-3-5-7-15)16-10-11-30(25,26)14-16/h8-9,12,15-16H,3-7,10-11,13-14H2,1-2H3/t16-/m1/s1. The van der Waals surface area contributed by atoms with Crippen LogP contribution in [0.4, 0.5) is 0 Å². The number of thioether (sulfide) groups is 1. The van der Waals surface area contributed by atoms with E-state index in [1.54, 1.807) is 23.1 Å². The highest BCUT2D eigenvalue weighted by Crippen LogP contribution is 2.29. The van der Waals surface area contributed by atoms with E-state index in [1.807, 2.05) is 6.26 Å². The molecule has 3 rings (SSSR count). The minimum absolute atomic E-state index is 0.00679. The van der Waals surface area contributed by atoms with Gasteiger partial charge in [-0.25, -0.2) is 13.2 Å². The molecule has 0 N–H and O–H groups in total. The fraction of sp³-hybridized carbons (Fsp3) is 0.619. The number of carbonyl (C=O) groups excluding carboxylic acids is 2. The molecule has 0 spiro atoms. The number of hydrogen-bond acceptors (Lipinski definition) is 7. The maximum atomic E-state index is 13.1. The number of nitrogens with zero attached hydrogens (tertiary/aromatic N) is 1. The van der Waals surface area contributed by atoms with Gasteiger partial charge in [-0.3, -0.25) is 4.79 Å². The van der Waals surface area contributed by atoms with Crippen molar-refractivity contribution in [2.24, 2.45) is 0 Å². The third-order valence-corrected chi connectivity index (χ3v) is 8.29. The quantitative estimate of drug-likeness (QED) is 0.461. The first-order chi connectivity index (χ1) is 14.3. The van der Waals surface area contributed by atoms with Crippen LogP contribution in [0.25, 0.3) is 0 Å². The highest BCUT2D eigenvalue weighted by molar-refractivity contribution is 7.98. The molecule has 0 aromatic heterocycles. The maximum absolute atomic E-state index is 13.1. The van der Waals surface area contributed by atoms with Gasteiger partial charge in [-0.2, -0.15) is 0 Å². The van der Waals surface area contributed by atoms with Gasteiger partial charge in [0.2, 0.25) is 0 Å². The normalized spacial score (nSPS) is 21.2. The second-order valence-corrected chi connectivity index (χ2v) is 10.9.